The number of hydrogen-bond donors (Lipinski definition) is 0. The van der Waals surface area contributed by atoms with Crippen LogP contribution in [0.1, 0.15) is 12.5 Å². The molecule has 0 saturated carbocycles. The molecular weight excluding hydrogens is 266 g/mol. The minimum Gasteiger partial charge on any atom is -0.263 e. The molecule has 0 saturated heterocycles. The molecule has 0 N–H and O–H groups in total. The first kappa shape index (κ1) is 12.4. The molecule has 0 aliphatic rings. The van der Waals surface area contributed by atoms with Crippen molar-refractivity contribution in [1.29, 1.82) is 0 Å². The number of halogens is 4. The van der Waals surface area contributed by atoms with E-state index in [2.05, 4.69) is 0 Å². The molecule has 0 aliphatic carbocycles. The van der Waals surface area contributed by atoms with Crippen LogP contribution >= 0.6 is 46.7 Å². The number of benzene rings is 1. The molecule has 0 aliphatic heterocycles. The monoisotopic (exact) mass is 272 g/mol. The molecule has 0 bridgehead atoms. The average molecular weight is 274 g/mol. The van der Waals surface area contributed by atoms with Gasteiger partial charge in [-0.25, -0.2) is 0 Å². The van der Waals surface area contributed by atoms with Crippen LogP contribution in [-0.4, -0.2) is 3.79 Å². The third kappa shape index (κ3) is 2.29. The van der Waals surface area contributed by atoms with Gasteiger partial charge in [0.05, 0.1) is 11.9 Å². The summed E-state index contributed by atoms with van der Waals surface area (Å²) in [6.45, 7) is 1.61. The van der Waals surface area contributed by atoms with E-state index in [-0.39, 0.29) is 0 Å². The zero-order valence-corrected chi connectivity index (χ0v) is 10.3. The molecule has 1 nitrogen and oxygen atoms in total. The summed E-state index contributed by atoms with van der Waals surface area (Å²) in [5.74, 6) is 0. The summed E-state index contributed by atoms with van der Waals surface area (Å²) in [6, 6.07) is 9.06. The van der Waals surface area contributed by atoms with Gasteiger partial charge in [-0.1, -0.05) is 65.1 Å². The van der Waals surface area contributed by atoms with Gasteiger partial charge in [0, 0.05) is 0 Å². The van der Waals surface area contributed by atoms with Crippen molar-refractivity contribution in [2.75, 3.05) is 0 Å². The molecule has 0 amide bonds. The minimum atomic E-state index is -1.63. The summed E-state index contributed by atoms with van der Waals surface area (Å²) in [7, 11) is 0. The Morgan fingerprint density at radius 1 is 1.07 bits per heavy atom. The SMILES string of the molecule is CC(OCl)(c1ccccc1)C(Cl)(Cl)Cl. The Balaban J connectivity index is 3.15. The standard InChI is InChI=1S/C9H8Cl4O/c1-8(14-13,9(10,11)12)7-5-3-2-4-6-7/h2-6H,1H3. The molecule has 0 fully saturated rings. The molecule has 1 unspecified atom stereocenters. The Bertz CT molecular complexity index is 295. The Kier molecular flexibility index (Phi) is 3.95. The van der Waals surface area contributed by atoms with Crippen LogP contribution in [0.15, 0.2) is 30.3 Å². The maximum Gasteiger partial charge on any atom is 0.224 e. The normalized spacial score (nSPS) is 16.4. The highest BCUT2D eigenvalue weighted by Gasteiger charge is 2.47. The zero-order chi connectivity index (χ0) is 10.8. The number of rotatable bonds is 2. The molecule has 0 spiro atoms. The summed E-state index contributed by atoms with van der Waals surface area (Å²) in [5.41, 5.74) is -0.462. The van der Waals surface area contributed by atoms with Gasteiger partial charge >= 0.3 is 0 Å². The molecule has 1 aromatic rings. The van der Waals surface area contributed by atoms with E-state index in [9.17, 15) is 0 Å². The van der Waals surface area contributed by atoms with E-state index in [1.54, 1.807) is 19.1 Å². The minimum absolute atomic E-state index is 0.704. The van der Waals surface area contributed by atoms with Gasteiger partial charge in [0.25, 0.3) is 0 Å². The van der Waals surface area contributed by atoms with Crippen molar-refractivity contribution in [1.82, 2.24) is 0 Å². The van der Waals surface area contributed by atoms with E-state index in [4.69, 9.17) is 51.0 Å². The van der Waals surface area contributed by atoms with E-state index in [0.29, 0.717) is 5.56 Å². The largest absolute Gasteiger partial charge is 0.263 e. The third-order valence-electron chi connectivity index (χ3n) is 2.02. The first-order valence-electron chi connectivity index (χ1n) is 3.84. The van der Waals surface area contributed by atoms with Crippen molar-refractivity contribution in [2.45, 2.75) is 16.3 Å². The lowest BCUT2D eigenvalue weighted by molar-refractivity contribution is 0.106. The fourth-order valence-electron chi connectivity index (χ4n) is 1.01. The maximum atomic E-state index is 5.80. The highest BCUT2D eigenvalue weighted by atomic mass is 35.6. The van der Waals surface area contributed by atoms with Gasteiger partial charge in [-0.15, -0.1) is 0 Å². The van der Waals surface area contributed by atoms with Gasteiger partial charge in [0.1, 0.15) is 0 Å². The van der Waals surface area contributed by atoms with Gasteiger partial charge in [-0.2, -0.15) is 0 Å². The lowest BCUT2D eigenvalue weighted by Gasteiger charge is -2.33. The smallest absolute Gasteiger partial charge is 0.224 e. The molecule has 0 heterocycles. The maximum absolute atomic E-state index is 5.80. The molecule has 1 rings (SSSR count). The number of hydrogen-bond acceptors (Lipinski definition) is 1. The van der Waals surface area contributed by atoms with Crippen LogP contribution in [0.4, 0.5) is 0 Å². The summed E-state index contributed by atoms with van der Waals surface area (Å²) in [5, 5.41) is 0. The lowest BCUT2D eigenvalue weighted by Crippen LogP contribution is -2.37. The highest BCUT2D eigenvalue weighted by Crippen LogP contribution is 2.47. The molecule has 1 atom stereocenters. The van der Waals surface area contributed by atoms with Crippen LogP contribution in [0, 0.1) is 0 Å². The lowest BCUT2D eigenvalue weighted by atomic mass is 9.98. The van der Waals surface area contributed by atoms with Crippen LogP contribution in [0.5, 0.6) is 0 Å². The molecular formula is C9H8Cl4O. The van der Waals surface area contributed by atoms with Crippen molar-refractivity contribution in [3.63, 3.8) is 0 Å². The van der Waals surface area contributed by atoms with Crippen LogP contribution < -0.4 is 0 Å². The van der Waals surface area contributed by atoms with Gasteiger partial charge in [-0.05, 0) is 12.5 Å². The molecule has 78 valence electrons. The Morgan fingerprint density at radius 2 is 1.57 bits per heavy atom. The van der Waals surface area contributed by atoms with Crippen LogP contribution in [-0.2, 0) is 9.89 Å². The Morgan fingerprint density at radius 3 is 1.93 bits per heavy atom. The Labute approximate surface area is 103 Å². The number of alkyl halides is 3. The summed E-state index contributed by atoms with van der Waals surface area (Å²) >= 11 is 22.8. The second-order valence-corrected chi connectivity index (χ2v) is 5.41. The molecule has 0 radical (unpaired) electrons. The van der Waals surface area contributed by atoms with Crippen molar-refractivity contribution >= 4 is 46.7 Å². The van der Waals surface area contributed by atoms with Crippen molar-refractivity contribution in [2.24, 2.45) is 0 Å². The van der Waals surface area contributed by atoms with Crippen molar-refractivity contribution in [3.05, 3.63) is 35.9 Å². The highest BCUT2D eigenvalue weighted by molar-refractivity contribution is 6.68. The molecule has 0 aromatic heterocycles. The first-order valence-corrected chi connectivity index (χ1v) is 5.28. The van der Waals surface area contributed by atoms with Crippen LogP contribution in [0.25, 0.3) is 0 Å². The van der Waals surface area contributed by atoms with Gasteiger partial charge in [0.2, 0.25) is 3.79 Å². The molecule has 5 heteroatoms. The van der Waals surface area contributed by atoms with E-state index < -0.39 is 9.39 Å². The second-order valence-electron chi connectivity index (χ2n) is 2.97. The van der Waals surface area contributed by atoms with Gasteiger partial charge in [-0.3, -0.25) is 4.29 Å². The van der Waals surface area contributed by atoms with Gasteiger partial charge in [0.15, 0.2) is 5.60 Å². The zero-order valence-electron chi connectivity index (χ0n) is 7.31. The predicted octanol–water partition coefficient (Wildman–Crippen LogP) is 4.44. The van der Waals surface area contributed by atoms with Crippen LogP contribution in [0.2, 0.25) is 0 Å². The first-order chi connectivity index (χ1) is 6.42. The van der Waals surface area contributed by atoms with Crippen molar-refractivity contribution in [3.8, 4) is 0 Å². The van der Waals surface area contributed by atoms with E-state index in [1.165, 1.54) is 0 Å². The predicted molar refractivity (Wildman–Crippen MR) is 61.0 cm³/mol. The second kappa shape index (κ2) is 4.46. The van der Waals surface area contributed by atoms with Gasteiger partial charge < -0.3 is 0 Å². The average Bonchev–Trinajstić information content (AvgIpc) is 2.16. The third-order valence-corrected chi connectivity index (χ3v) is 3.41. The fourth-order valence-corrected chi connectivity index (χ4v) is 1.77. The quantitative estimate of drug-likeness (QED) is 0.724. The van der Waals surface area contributed by atoms with Crippen LogP contribution in [0.3, 0.4) is 0 Å². The van der Waals surface area contributed by atoms with E-state index in [0.717, 1.165) is 0 Å². The fraction of sp³-hybridized carbons (Fsp3) is 0.333. The summed E-state index contributed by atoms with van der Waals surface area (Å²) < 4.78 is 3.14. The summed E-state index contributed by atoms with van der Waals surface area (Å²) in [6.07, 6.45) is 0. The topological polar surface area (TPSA) is 9.23 Å². The van der Waals surface area contributed by atoms with E-state index >= 15 is 0 Å². The van der Waals surface area contributed by atoms with E-state index in [1.807, 2.05) is 18.2 Å². The Hall–Kier alpha value is 0.340. The molecule has 14 heavy (non-hydrogen) atoms. The van der Waals surface area contributed by atoms with Crippen molar-refractivity contribution < 1.29 is 4.29 Å². The summed E-state index contributed by atoms with van der Waals surface area (Å²) in [4.78, 5) is 0. The molecule has 1 aromatic carbocycles.